The Balaban J connectivity index is 1.61. The molecule has 0 aliphatic carbocycles. The number of carbonyl (C=O) groups excluding carboxylic acids is 1. The average Bonchev–Trinajstić information content (AvgIpc) is 3.29. The van der Waals surface area contributed by atoms with Gasteiger partial charge in [-0.1, -0.05) is 12.5 Å². The molecular formula is C23H28F2N2O4. The number of nitrogens with one attached hydrogen (secondary N) is 1. The predicted octanol–water partition coefficient (Wildman–Crippen LogP) is 4.64. The van der Waals surface area contributed by atoms with E-state index in [0.29, 0.717) is 18.7 Å². The van der Waals surface area contributed by atoms with Crippen molar-refractivity contribution in [3.05, 3.63) is 54.0 Å². The zero-order valence-corrected chi connectivity index (χ0v) is 17.6. The number of amides is 1. The Bertz CT molecular complexity index is 849. The molecule has 1 unspecified atom stereocenters. The molecule has 1 fully saturated rings. The fourth-order valence-corrected chi connectivity index (χ4v) is 3.64. The molecule has 0 radical (unpaired) electrons. The largest absolute Gasteiger partial charge is 0.490 e. The maximum Gasteiger partial charge on any atom is 0.387 e. The summed E-state index contributed by atoms with van der Waals surface area (Å²) in [5.74, 6) is 0.746. The topological polar surface area (TPSA) is 63.9 Å². The van der Waals surface area contributed by atoms with Crippen LogP contribution in [0.15, 0.2) is 47.1 Å². The van der Waals surface area contributed by atoms with Crippen LogP contribution in [-0.4, -0.2) is 43.7 Å². The maximum atomic E-state index is 12.5. The fourth-order valence-electron chi connectivity index (χ4n) is 3.64. The van der Waals surface area contributed by atoms with Gasteiger partial charge in [0.15, 0.2) is 11.5 Å². The van der Waals surface area contributed by atoms with Crippen molar-refractivity contribution in [2.75, 3.05) is 26.2 Å². The Kier molecular flexibility index (Phi) is 8.46. The summed E-state index contributed by atoms with van der Waals surface area (Å²) in [7, 11) is 0. The standard InChI is InChI=1S/C23H28F2N2O4/c1-2-29-21-15-17(8-10-20(21)31-23(24)25)9-11-22(28)26-16-18(19-7-6-14-30-19)27-12-4-3-5-13-27/h6-11,14-15,18,23H,2-5,12-13,16H2,1H3,(H,26,28)/b11-9+. The molecule has 0 bridgehead atoms. The lowest BCUT2D eigenvalue weighted by Gasteiger charge is -2.33. The summed E-state index contributed by atoms with van der Waals surface area (Å²) in [4.78, 5) is 14.7. The number of piperidine rings is 1. The van der Waals surface area contributed by atoms with Crippen LogP contribution < -0.4 is 14.8 Å². The number of furan rings is 1. The van der Waals surface area contributed by atoms with Crippen LogP contribution in [0, 0.1) is 0 Å². The predicted molar refractivity (Wildman–Crippen MR) is 113 cm³/mol. The molecule has 1 amide bonds. The first kappa shape index (κ1) is 22.8. The summed E-state index contributed by atoms with van der Waals surface area (Å²) < 4.78 is 40.5. The number of ether oxygens (including phenoxy) is 2. The zero-order chi connectivity index (χ0) is 22.1. The molecule has 168 valence electrons. The molecule has 2 heterocycles. The third-order valence-corrected chi connectivity index (χ3v) is 5.08. The Hall–Kier alpha value is -2.87. The van der Waals surface area contributed by atoms with E-state index >= 15 is 0 Å². The van der Waals surface area contributed by atoms with Crippen molar-refractivity contribution in [2.45, 2.75) is 38.8 Å². The van der Waals surface area contributed by atoms with Gasteiger partial charge in [0.2, 0.25) is 5.91 Å². The molecule has 1 aliphatic rings. The minimum absolute atomic E-state index is 0.0111. The van der Waals surface area contributed by atoms with Gasteiger partial charge in [-0.3, -0.25) is 9.69 Å². The van der Waals surface area contributed by atoms with Crippen molar-refractivity contribution >= 4 is 12.0 Å². The quantitative estimate of drug-likeness (QED) is 0.552. The first-order valence-electron chi connectivity index (χ1n) is 10.5. The summed E-state index contributed by atoms with van der Waals surface area (Å²) in [6, 6.07) is 8.32. The van der Waals surface area contributed by atoms with Gasteiger partial charge in [0, 0.05) is 12.6 Å². The van der Waals surface area contributed by atoms with Crippen LogP contribution in [0.1, 0.15) is 43.6 Å². The van der Waals surface area contributed by atoms with Gasteiger partial charge < -0.3 is 19.2 Å². The van der Waals surface area contributed by atoms with Crippen molar-refractivity contribution in [3.63, 3.8) is 0 Å². The Morgan fingerprint density at radius 3 is 2.71 bits per heavy atom. The van der Waals surface area contributed by atoms with Crippen LogP contribution in [0.5, 0.6) is 11.5 Å². The van der Waals surface area contributed by atoms with Crippen molar-refractivity contribution in [1.82, 2.24) is 10.2 Å². The molecular weight excluding hydrogens is 406 g/mol. The lowest BCUT2D eigenvalue weighted by Crippen LogP contribution is -2.40. The van der Waals surface area contributed by atoms with Crippen molar-refractivity contribution in [2.24, 2.45) is 0 Å². The van der Waals surface area contributed by atoms with Gasteiger partial charge >= 0.3 is 6.61 Å². The molecule has 2 aromatic rings. The SMILES string of the molecule is CCOc1cc(/C=C/C(=O)NCC(c2ccco2)N2CCCCC2)ccc1OC(F)F. The van der Waals surface area contributed by atoms with Crippen LogP contribution in [0.3, 0.4) is 0 Å². The number of nitrogens with zero attached hydrogens (tertiary/aromatic N) is 1. The van der Waals surface area contributed by atoms with Crippen LogP contribution in [0.4, 0.5) is 8.78 Å². The molecule has 1 saturated heterocycles. The van der Waals surface area contributed by atoms with E-state index in [1.54, 1.807) is 31.4 Å². The van der Waals surface area contributed by atoms with E-state index < -0.39 is 6.61 Å². The third-order valence-electron chi connectivity index (χ3n) is 5.08. The van der Waals surface area contributed by atoms with Gasteiger partial charge in [0.1, 0.15) is 5.76 Å². The maximum absolute atomic E-state index is 12.5. The summed E-state index contributed by atoms with van der Waals surface area (Å²) >= 11 is 0. The van der Waals surface area contributed by atoms with Crippen molar-refractivity contribution < 1.29 is 27.5 Å². The van der Waals surface area contributed by atoms with Gasteiger partial charge in [-0.25, -0.2) is 0 Å². The van der Waals surface area contributed by atoms with Crippen LogP contribution >= 0.6 is 0 Å². The number of hydrogen-bond donors (Lipinski definition) is 1. The molecule has 0 spiro atoms. The van der Waals surface area contributed by atoms with E-state index in [1.165, 1.54) is 18.6 Å². The van der Waals surface area contributed by atoms with Gasteiger partial charge in [-0.15, -0.1) is 0 Å². The van der Waals surface area contributed by atoms with E-state index in [-0.39, 0.29) is 23.4 Å². The highest BCUT2D eigenvalue weighted by Crippen LogP contribution is 2.30. The number of benzene rings is 1. The number of halogens is 2. The lowest BCUT2D eigenvalue weighted by atomic mass is 10.1. The molecule has 8 heteroatoms. The highest BCUT2D eigenvalue weighted by molar-refractivity contribution is 5.91. The Labute approximate surface area is 180 Å². The van der Waals surface area contributed by atoms with Crippen LogP contribution in [-0.2, 0) is 4.79 Å². The molecule has 1 aliphatic heterocycles. The van der Waals surface area contributed by atoms with Crippen molar-refractivity contribution in [3.8, 4) is 11.5 Å². The van der Waals surface area contributed by atoms with Crippen LogP contribution in [0.25, 0.3) is 6.08 Å². The molecule has 6 nitrogen and oxygen atoms in total. The molecule has 1 N–H and O–H groups in total. The normalized spacial score (nSPS) is 15.9. The van der Waals surface area contributed by atoms with E-state index in [0.717, 1.165) is 31.7 Å². The zero-order valence-electron chi connectivity index (χ0n) is 17.6. The lowest BCUT2D eigenvalue weighted by molar-refractivity contribution is -0.116. The third kappa shape index (κ3) is 6.82. The monoisotopic (exact) mass is 434 g/mol. The van der Waals surface area contributed by atoms with E-state index in [1.807, 2.05) is 12.1 Å². The van der Waals surface area contributed by atoms with Gasteiger partial charge in [0.05, 0.1) is 18.9 Å². The van der Waals surface area contributed by atoms with Gasteiger partial charge in [-0.05, 0) is 68.8 Å². The highest BCUT2D eigenvalue weighted by Gasteiger charge is 2.24. The number of carbonyl (C=O) groups is 1. The molecule has 31 heavy (non-hydrogen) atoms. The summed E-state index contributed by atoms with van der Waals surface area (Å²) in [6.07, 6.45) is 8.16. The number of alkyl halides is 2. The summed E-state index contributed by atoms with van der Waals surface area (Å²) in [6.45, 7) is 1.50. The van der Waals surface area contributed by atoms with E-state index in [2.05, 4.69) is 15.0 Å². The second-order valence-electron chi connectivity index (χ2n) is 7.22. The number of hydrogen-bond acceptors (Lipinski definition) is 5. The van der Waals surface area contributed by atoms with E-state index in [9.17, 15) is 13.6 Å². The minimum atomic E-state index is -2.94. The fraction of sp³-hybridized carbons (Fsp3) is 0.435. The Morgan fingerprint density at radius 2 is 2.03 bits per heavy atom. The number of rotatable bonds is 10. The van der Waals surface area contributed by atoms with Crippen molar-refractivity contribution in [1.29, 1.82) is 0 Å². The summed E-state index contributed by atoms with van der Waals surface area (Å²) in [5, 5.41) is 2.93. The molecule has 0 saturated carbocycles. The first-order chi connectivity index (χ1) is 15.1. The van der Waals surface area contributed by atoms with E-state index in [4.69, 9.17) is 9.15 Å². The van der Waals surface area contributed by atoms with Crippen LogP contribution in [0.2, 0.25) is 0 Å². The smallest absolute Gasteiger partial charge is 0.387 e. The van der Waals surface area contributed by atoms with Gasteiger partial charge in [0.25, 0.3) is 0 Å². The second-order valence-corrected chi connectivity index (χ2v) is 7.22. The molecule has 1 aromatic carbocycles. The molecule has 1 atom stereocenters. The second kappa shape index (κ2) is 11.5. The van der Waals surface area contributed by atoms with Gasteiger partial charge in [-0.2, -0.15) is 8.78 Å². The summed E-state index contributed by atoms with van der Waals surface area (Å²) in [5.41, 5.74) is 0.638. The average molecular weight is 434 g/mol. The first-order valence-corrected chi connectivity index (χ1v) is 10.5. The highest BCUT2D eigenvalue weighted by atomic mass is 19.3. The minimum Gasteiger partial charge on any atom is -0.490 e. The molecule has 3 rings (SSSR count). The Morgan fingerprint density at radius 1 is 1.23 bits per heavy atom. The molecule has 1 aromatic heterocycles. The number of likely N-dealkylation sites (tertiary alicyclic amines) is 1.